The van der Waals surface area contributed by atoms with Crippen LogP contribution in [-0.4, -0.2) is 5.78 Å². The molecule has 0 heterocycles. The monoisotopic (exact) mass is 324 g/mol. The summed E-state index contributed by atoms with van der Waals surface area (Å²) in [5.41, 5.74) is 0. The molecule has 0 N–H and O–H groups in total. The van der Waals surface area contributed by atoms with Gasteiger partial charge < -0.3 is 0 Å². The van der Waals surface area contributed by atoms with Crippen LogP contribution in [0.4, 0.5) is 0 Å². The number of Topliss-reactive ketones (excluding diaryl/α,β-unsaturated/α-hetero) is 1. The number of hydrogen-bond donors (Lipinski definition) is 0. The molecule has 0 aliphatic rings. The van der Waals surface area contributed by atoms with Crippen LogP contribution in [0.5, 0.6) is 0 Å². The van der Waals surface area contributed by atoms with Crippen molar-refractivity contribution in [3.8, 4) is 0 Å². The average Bonchev–Trinajstić information content (AvgIpc) is 2.54. The molecule has 0 spiro atoms. The molecule has 0 rings (SSSR count). The molecule has 0 aromatic carbocycles. The van der Waals surface area contributed by atoms with Crippen LogP contribution < -0.4 is 0 Å². The fourth-order valence-corrected chi connectivity index (χ4v) is 3.86. The van der Waals surface area contributed by atoms with Gasteiger partial charge in [-0.15, -0.1) is 0 Å². The predicted octanol–water partition coefficient (Wildman–Crippen LogP) is 7.72. The molecule has 0 fully saturated rings. The van der Waals surface area contributed by atoms with Gasteiger partial charge in [0.15, 0.2) is 0 Å². The first kappa shape index (κ1) is 22.7. The summed E-state index contributed by atoms with van der Waals surface area (Å²) in [5.74, 6) is 1.39. The van der Waals surface area contributed by atoms with Gasteiger partial charge in [-0.1, -0.05) is 111 Å². The zero-order valence-corrected chi connectivity index (χ0v) is 16.7. The highest BCUT2D eigenvalue weighted by Gasteiger charge is 2.22. The van der Waals surface area contributed by atoms with Crippen LogP contribution >= 0.6 is 0 Å². The van der Waals surface area contributed by atoms with E-state index in [1.807, 2.05) is 6.92 Å². The molecule has 2 unspecified atom stereocenters. The Morgan fingerprint density at radius 1 is 0.652 bits per heavy atom. The van der Waals surface area contributed by atoms with Gasteiger partial charge in [0.05, 0.1) is 0 Å². The van der Waals surface area contributed by atoms with Crippen LogP contribution in [0.1, 0.15) is 124 Å². The molecule has 0 saturated heterocycles. The standard InChI is InChI=1S/C22H44O/c1-5-8-9-10-11-12-13-14-15-16-17-19-22(20(4)23)21(7-3)18-6-2/h21-22H,5-19H2,1-4H3. The number of rotatable bonds is 17. The molecule has 0 saturated carbocycles. The van der Waals surface area contributed by atoms with Gasteiger partial charge in [-0.05, 0) is 19.3 Å². The van der Waals surface area contributed by atoms with Crippen LogP contribution in [0.15, 0.2) is 0 Å². The predicted molar refractivity (Wildman–Crippen MR) is 104 cm³/mol. The zero-order chi connectivity index (χ0) is 17.3. The van der Waals surface area contributed by atoms with Gasteiger partial charge in [-0.3, -0.25) is 4.79 Å². The van der Waals surface area contributed by atoms with E-state index in [0.717, 1.165) is 12.8 Å². The normalized spacial score (nSPS) is 13.9. The average molecular weight is 325 g/mol. The summed E-state index contributed by atoms with van der Waals surface area (Å²) in [6, 6.07) is 0. The van der Waals surface area contributed by atoms with Gasteiger partial charge in [-0.25, -0.2) is 0 Å². The number of carbonyl (C=O) groups excluding carboxylic acids is 1. The van der Waals surface area contributed by atoms with Crippen LogP contribution in [-0.2, 0) is 4.79 Å². The minimum Gasteiger partial charge on any atom is -0.300 e. The topological polar surface area (TPSA) is 17.1 Å². The molecule has 0 aliphatic carbocycles. The van der Waals surface area contributed by atoms with Crippen molar-refractivity contribution in [1.29, 1.82) is 0 Å². The molecule has 0 amide bonds. The van der Waals surface area contributed by atoms with E-state index in [4.69, 9.17) is 0 Å². The summed E-state index contributed by atoms with van der Waals surface area (Å²) < 4.78 is 0. The highest BCUT2D eigenvalue weighted by atomic mass is 16.1. The maximum atomic E-state index is 11.9. The lowest BCUT2D eigenvalue weighted by molar-refractivity contribution is -0.122. The Balaban J connectivity index is 3.61. The SMILES string of the molecule is CCCCCCCCCCCCCC(C(C)=O)C(CC)CCC. The van der Waals surface area contributed by atoms with Crippen LogP contribution in [0.25, 0.3) is 0 Å². The Kier molecular flexibility index (Phi) is 16.3. The van der Waals surface area contributed by atoms with E-state index in [2.05, 4.69) is 20.8 Å². The summed E-state index contributed by atoms with van der Waals surface area (Å²) in [5, 5.41) is 0. The quantitative estimate of drug-likeness (QED) is 0.250. The van der Waals surface area contributed by atoms with Crippen molar-refractivity contribution in [2.45, 2.75) is 124 Å². The zero-order valence-electron chi connectivity index (χ0n) is 16.7. The van der Waals surface area contributed by atoms with Crippen molar-refractivity contribution in [2.24, 2.45) is 11.8 Å². The molecule has 1 heteroatoms. The number of carbonyl (C=O) groups is 1. The van der Waals surface area contributed by atoms with Crippen LogP contribution in [0.3, 0.4) is 0 Å². The molecule has 0 aromatic heterocycles. The lowest BCUT2D eigenvalue weighted by Gasteiger charge is -2.23. The van der Waals surface area contributed by atoms with Crippen molar-refractivity contribution < 1.29 is 4.79 Å². The second-order valence-corrected chi connectivity index (χ2v) is 7.50. The molecule has 0 aromatic rings. The first-order valence-electron chi connectivity index (χ1n) is 10.7. The summed E-state index contributed by atoms with van der Waals surface area (Å²) in [6.45, 7) is 8.57. The summed E-state index contributed by atoms with van der Waals surface area (Å²) in [6.07, 6.45) is 19.9. The van der Waals surface area contributed by atoms with Crippen LogP contribution in [0, 0.1) is 11.8 Å². The second kappa shape index (κ2) is 16.5. The maximum Gasteiger partial charge on any atom is 0.133 e. The summed E-state index contributed by atoms with van der Waals surface area (Å²) in [4.78, 5) is 11.9. The second-order valence-electron chi connectivity index (χ2n) is 7.50. The highest BCUT2D eigenvalue weighted by molar-refractivity contribution is 5.78. The largest absolute Gasteiger partial charge is 0.300 e. The van der Waals surface area contributed by atoms with Gasteiger partial charge >= 0.3 is 0 Å². The fraction of sp³-hybridized carbons (Fsp3) is 0.955. The molecular weight excluding hydrogens is 280 g/mol. The molecule has 23 heavy (non-hydrogen) atoms. The molecule has 0 bridgehead atoms. The van der Waals surface area contributed by atoms with Crippen molar-refractivity contribution >= 4 is 5.78 Å². The van der Waals surface area contributed by atoms with E-state index >= 15 is 0 Å². The lowest BCUT2D eigenvalue weighted by Crippen LogP contribution is -2.21. The van der Waals surface area contributed by atoms with Crippen molar-refractivity contribution in [3.05, 3.63) is 0 Å². The van der Waals surface area contributed by atoms with E-state index in [0.29, 0.717) is 17.6 Å². The Labute approximate surface area is 147 Å². The molecule has 1 nitrogen and oxygen atoms in total. The van der Waals surface area contributed by atoms with E-state index in [1.54, 1.807) is 0 Å². The Morgan fingerprint density at radius 2 is 1.13 bits per heavy atom. The highest BCUT2D eigenvalue weighted by Crippen LogP contribution is 2.27. The van der Waals surface area contributed by atoms with Crippen LogP contribution in [0.2, 0.25) is 0 Å². The fourth-order valence-electron chi connectivity index (χ4n) is 3.86. The molecule has 2 atom stereocenters. The maximum absolute atomic E-state index is 11.9. The molecule has 138 valence electrons. The first-order valence-corrected chi connectivity index (χ1v) is 10.7. The van der Waals surface area contributed by atoms with Crippen molar-refractivity contribution in [2.75, 3.05) is 0 Å². The Morgan fingerprint density at radius 3 is 1.52 bits per heavy atom. The summed E-state index contributed by atoms with van der Waals surface area (Å²) in [7, 11) is 0. The van der Waals surface area contributed by atoms with E-state index in [1.165, 1.54) is 83.5 Å². The number of hydrogen-bond acceptors (Lipinski definition) is 1. The summed E-state index contributed by atoms with van der Waals surface area (Å²) >= 11 is 0. The third kappa shape index (κ3) is 12.7. The Bertz CT molecular complexity index is 259. The van der Waals surface area contributed by atoms with Gasteiger partial charge in [0.25, 0.3) is 0 Å². The third-order valence-electron chi connectivity index (χ3n) is 5.39. The lowest BCUT2D eigenvalue weighted by atomic mass is 9.80. The minimum absolute atomic E-state index is 0.332. The molecule has 0 radical (unpaired) electrons. The van der Waals surface area contributed by atoms with Gasteiger partial charge in [0.1, 0.15) is 5.78 Å². The number of ketones is 1. The van der Waals surface area contributed by atoms with Gasteiger partial charge in [0, 0.05) is 5.92 Å². The minimum atomic E-state index is 0.332. The molecular formula is C22H44O. The van der Waals surface area contributed by atoms with Crippen molar-refractivity contribution in [3.63, 3.8) is 0 Å². The first-order chi connectivity index (χ1) is 11.2. The van der Waals surface area contributed by atoms with E-state index in [-0.39, 0.29) is 0 Å². The number of unbranched alkanes of at least 4 members (excludes halogenated alkanes) is 10. The molecule has 0 aliphatic heterocycles. The van der Waals surface area contributed by atoms with Gasteiger partial charge in [-0.2, -0.15) is 0 Å². The van der Waals surface area contributed by atoms with Crippen molar-refractivity contribution in [1.82, 2.24) is 0 Å². The smallest absolute Gasteiger partial charge is 0.133 e. The third-order valence-corrected chi connectivity index (χ3v) is 5.39. The van der Waals surface area contributed by atoms with E-state index in [9.17, 15) is 4.79 Å². The van der Waals surface area contributed by atoms with E-state index < -0.39 is 0 Å². The Hall–Kier alpha value is -0.330. The van der Waals surface area contributed by atoms with Gasteiger partial charge in [0.2, 0.25) is 0 Å².